The second kappa shape index (κ2) is 21.2. The SMILES string of the molecule is CC[C@](C)(Oc1cc([C@H]2OC(c3ccc(OC)cc3)=N[C@@H]2C(=O)OC)ccc1OCc1ccccc1)[C@H](NC(=O)[C@@H](NC(=O)OC(C)(C)C)C(C)C)C(=O)NCC(=O)OC(C)(C)C. The smallest absolute Gasteiger partial charge is 0.408 e. The summed E-state index contributed by atoms with van der Waals surface area (Å²) in [5.41, 5.74) is -1.34. The summed E-state index contributed by atoms with van der Waals surface area (Å²) in [4.78, 5) is 72.0. The first kappa shape index (κ1) is 49.3. The van der Waals surface area contributed by atoms with Crippen molar-refractivity contribution in [1.29, 1.82) is 0 Å². The number of nitrogens with one attached hydrogen (secondary N) is 3. The van der Waals surface area contributed by atoms with Gasteiger partial charge in [-0.05, 0) is 108 Å². The zero-order valence-electron chi connectivity index (χ0n) is 38.3. The molecular weight excluding hydrogens is 813 g/mol. The third kappa shape index (κ3) is 14.1. The van der Waals surface area contributed by atoms with Crippen LogP contribution in [0.4, 0.5) is 4.79 Å². The first-order chi connectivity index (χ1) is 29.6. The number of alkyl carbamates (subject to hydrolysis) is 1. The van der Waals surface area contributed by atoms with Crippen molar-refractivity contribution in [3.63, 3.8) is 0 Å². The number of carbonyl (C=O) groups excluding carboxylic acids is 5. The minimum absolute atomic E-state index is 0.113. The number of aliphatic imine (C=N–C) groups is 1. The number of carbonyl (C=O) groups is 5. The van der Waals surface area contributed by atoms with Gasteiger partial charge in [-0.2, -0.15) is 0 Å². The molecule has 4 rings (SSSR count). The van der Waals surface area contributed by atoms with E-state index in [1.165, 1.54) is 7.11 Å². The molecule has 5 atom stereocenters. The molecule has 1 aliphatic rings. The van der Waals surface area contributed by atoms with Crippen molar-refractivity contribution >= 4 is 35.7 Å². The first-order valence-corrected chi connectivity index (χ1v) is 20.8. The summed E-state index contributed by atoms with van der Waals surface area (Å²) in [6.07, 6.45) is -1.69. The summed E-state index contributed by atoms with van der Waals surface area (Å²) >= 11 is 0. The zero-order valence-corrected chi connectivity index (χ0v) is 38.3. The maximum Gasteiger partial charge on any atom is 0.408 e. The zero-order chi connectivity index (χ0) is 46.7. The lowest BCUT2D eigenvalue weighted by Crippen LogP contribution is -2.64. The monoisotopic (exact) mass is 874 g/mol. The van der Waals surface area contributed by atoms with E-state index in [4.69, 9.17) is 33.2 Å². The maximum absolute atomic E-state index is 14.3. The van der Waals surface area contributed by atoms with Gasteiger partial charge in [0, 0.05) is 5.56 Å². The minimum atomic E-state index is -1.58. The number of benzene rings is 3. The van der Waals surface area contributed by atoms with Crippen molar-refractivity contribution in [3.05, 3.63) is 89.5 Å². The predicted molar refractivity (Wildman–Crippen MR) is 234 cm³/mol. The number of methoxy groups -OCH3 is 2. The molecule has 3 aromatic rings. The van der Waals surface area contributed by atoms with Crippen molar-refractivity contribution < 1.29 is 57.1 Å². The Bertz CT molecular complexity index is 2090. The highest BCUT2D eigenvalue weighted by molar-refractivity contribution is 5.98. The van der Waals surface area contributed by atoms with Gasteiger partial charge in [0.15, 0.2) is 23.6 Å². The molecule has 0 fully saturated rings. The second-order valence-electron chi connectivity index (χ2n) is 17.5. The van der Waals surface area contributed by atoms with Gasteiger partial charge in [0.25, 0.3) is 0 Å². The van der Waals surface area contributed by atoms with Gasteiger partial charge in [0.05, 0.1) is 14.2 Å². The van der Waals surface area contributed by atoms with Crippen LogP contribution in [0.1, 0.15) is 98.5 Å². The number of hydrogen-bond donors (Lipinski definition) is 3. The van der Waals surface area contributed by atoms with Crippen molar-refractivity contribution in [2.45, 2.75) is 123 Å². The first-order valence-electron chi connectivity index (χ1n) is 20.8. The molecule has 0 spiro atoms. The number of ether oxygens (including phenoxy) is 7. The van der Waals surface area contributed by atoms with E-state index in [2.05, 4.69) is 20.9 Å². The van der Waals surface area contributed by atoms with Crippen LogP contribution in [-0.4, -0.2) is 91.4 Å². The number of esters is 2. The van der Waals surface area contributed by atoms with Gasteiger partial charge in [0.2, 0.25) is 17.7 Å². The highest BCUT2D eigenvalue weighted by Gasteiger charge is 2.45. The van der Waals surface area contributed by atoms with E-state index in [1.54, 1.807) is 119 Å². The van der Waals surface area contributed by atoms with Gasteiger partial charge in [-0.15, -0.1) is 0 Å². The van der Waals surface area contributed by atoms with Crippen LogP contribution in [0.15, 0.2) is 77.8 Å². The van der Waals surface area contributed by atoms with Crippen molar-refractivity contribution in [2.24, 2.45) is 10.9 Å². The Morgan fingerprint density at radius 2 is 1.44 bits per heavy atom. The summed E-state index contributed by atoms with van der Waals surface area (Å²) in [7, 11) is 2.81. The van der Waals surface area contributed by atoms with Crippen LogP contribution < -0.4 is 30.2 Å². The molecular formula is C47H62N4O12. The molecule has 63 heavy (non-hydrogen) atoms. The summed E-state index contributed by atoms with van der Waals surface area (Å²) in [6.45, 7) is 16.6. The minimum Gasteiger partial charge on any atom is -0.497 e. The highest BCUT2D eigenvalue weighted by atomic mass is 16.6. The largest absolute Gasteiger partial charge is 0.497 e. The number of nitrogens with zero attached hydrogens (tertiary/aromatic N) is 1. The molecule has 0 unspecified atom stereocenters. The van der Waals surface area contributed by atoms with E-state index in [9.17, 15) is 24.0 Å². The van der Waals surface area contributed by atoms with E-state index >= 15 is 0 Å². The fraction of sp³-hybridized carbons (Fsp3) is 0.489. The van der Waals surface area contributed by atoms with Crippen LogP contribution in [-0.2, 0) is 44.7 Å². The molecule has 342 valence electrons. The predicted octanol–water partition coefficient (Wildman–Crippen LogP) is 6.37. The van der Waals surface area contributed by atoms with Gasteiger partial charge in [-0.3, -0.25) is 14.4 Å². The quantitative estimate of drug-likeness (QED) is 0.0944. The molecule has 16 heteroatoms. The van der Waals surface area contributed by atoms with Crippen LogP contribution in [0, 0.1) is 5.92 Å². The van der Waals surface area contributed by atoms with E-state index < -0.39 is 83.3 Å². The molecule has 0 saturated carbocycles. The Labute approximate surface area is 369 Å². The van der Waals surface area contributed by atoms with Crippen LogP contribution in [0.25, 0.3) is 0 Å². The van der Waals surface area contributed by atoms with Gasteiger partial charge >= 0.3 is 18.0 Å². The second-order valence-corrected chi connectivity index (χ2v) is 17.5. The van der Waals surface area contributed by atoms with Crippen molar-refractivity contribution in [1.82, 2.24) is 16.0 Å². The van der Waals surface area contributed by atoms with Gasteiger partial charge in [0.1, 0.15) is 47.8 Å². The van der Waals surface area contributed by atoms with Crippen LogP contribution in [0.2, 0.25) is 0 Å². The molecule has 0 aliphatic carbocycles. The number of hydrogen-bond acceptors (Lipinski definition) is 13. The normalized spacial score (nSPS) is 16.8. The lowest BCUT2D eigenvalue weighted by Gasteiger charge is -2.38. The molecule has 1 aliphatic heterocycles. The standard InChI is InChI=1S/C47H62N4O12/c1-13-47(10,39(41(54)48-26-35(52)62-45(4,5)6)51-40(53)36(28(2)3)50-44(56)63-46(7,8)9)61-34-25-31(21-24-33(34)59-27-29-17-15-14-16-18-29)38-37(43(55)58-12)49-42(60-38)30-19-22-32(57-11)23-20-30/h14-25,28,36-39H,13,26-27H2,1-12H3,(H,48,54)(H,50,56)(H,51,53)/t36-,37-,38+,39+,47-/m0/s1. The van der Waals surface area contributed by atoms with Crippen LogP contribution in [0.5, 0.6) is 17.2 Å². The maximum atomic E-state index is 14.3. The summed E-state index contributed by atoms with van der Waals surface area (Å²) in [5, 5.41) is 8.03. The fourth-order valence-electron chi connectivity index (χ4n) is 6.39. The Morgan fingerprint density at radius 1 is 0.794 bits per heavy atom. The van der Waals surface area contributed by atoms with Crippen LogP contribution in [0.3, 0.4) is 0 Å². The Hall–Kier alpha value is -6.32. The molecule has 1 heterocycles. The van der Waals surface area contributed by atoms with E-state index in [0.29, 0.717) is 16.9 Å². The van der Waals surface area contributed by atoms with E-state index in [1.807, 2.05) is 30.3 Å². The van der Waals surface area contributed by atoms with Gasteiger partial charge in [-0.25, -0.2) is 14.6 Å². The molecule has 3 aromatic carbocycles. The fourth-order valence-corrected chi connectivity index (χ4v) is 6.39. The summed E-state index contributed by atoms with van der Waals surface area (Å²) < 4.78 is 40.8. The lowest BCUT2D eigenvalue weighted by atomic mass is 9.90. The molecule has 16 nitrogen and oxygen atoms in total. The Kier molecular flexibility index (Phi) is 16.6. The molecule has 0 aromatic heterocycles. The third-order valence-corrected chi connectivity index (χ3v) is 9.75. The van der Waals surface area contributed by atoms with Gasteiger partial charge < -0.3 is 49.1 Å². The van der Waals surface area contributed by atoms with Gasteiger partial charge in [-0.1, -0.05) is 57.2 Å². The number of amides is 3. The van der Waals surface area contributed by atoms with Crippen molar-refractivity contribution in [2.75, 3.05) is 20.8 Å². The Balaban J connectivity index is 1.79. The molecule has 3 N–H and O–H groups in total. The van der Waals surface area contributed by atoms with Crippen LogP contribution >= 0.6 is 0 Å². The summed E-state index contributed by atoms with van der Waals surface area (Å²) in [6, 6.07) is 17.7. The number of rotatable bonds is 18. The molecule has 3 amide bonds. The topological polar surface area (TPSA) is 198 Å². The third-order valence-electron chi connectivity index (χ3n) is 9.75. The lowest BCUT2D eigenvalue weighted by molar-refractivity contribution is -0.155. The molecule has 0 saturated heterocycles. The molecule has 0 radical (unpaired) electrons. The van der Waals surface area contributed by atoms with Crippen molar-refractivity contribution in [3.8, 4) is 17.2 Å². The average molecular weight is 875 g/mol. The highest BCUT2D eigenvalue weighted by Crippen LogP contribution is 2.40. The average Bonchev–Trinajstić information content (AvgIpc) is 3.67. The summed E-state index contributed by atoms with van der Waals surface area (Å²) in [5.74, 6) is -2.07. The van der Waals surface area contributed by atoms with E-state index in [0.717, 1.165) is 5.56 Å². The molecule has 0 bridgehead atoms. The Morgan fingerprint density at radius 3 is 2.02 bits per heavy atom. The van der Waals surface area contributed by atoms with E-state index in [-0.39, 0.29) is 30.4 Å².